The Bertz CT molecular complexity index is 692. The number of benzene rings is 1. The van der Waals surface area contributed by atoms with Crippen molar-refractivity contribution in [3.05, 3.63) is 23.8 Å². The molecule has 1 saturated heterocycles. The zero-order valence-electron chi connectivity index (χ0n) is 20.3. The van der Waals surface area contributed by atoms with Crippen molar-refractivity contribution in [2.75, 3.05) is 46.6 Å². The zero-order chi connectivity index (χ0) is 22.4. The fourth-order valence-electron chi connectivity index (χ4n) is 4.20. The number of halogens is 1. The first-order chi connectivity index (χ1) is 15.8. The maximum Gasteiger partial charge on any atom is 0.191 e. The number of rotatable bonds is 12. The van der Waals surface area contributed by atoms with Gasteiger partial charge in [0, 0.05) is 45.1 Å². The summed E-state index contributed by atoms with van der Waals surface area (Å²) in [7, 11) is 1.69. The molecule has 1 aromatic carbocycles. The lowest BCUT2D eigenvalue weighted by Crippen LogP contribution is -2.38. The fourth-order valence-corrected chi connectivity index (χ4v) is 4.20. The summed E-state index contributed by atoms with van der Waals surface area (Å²) < 4.78 is 23.2. The van der Waals surface area contributed by atoms with Gasteiger partial charge in [-0.15, -0.1) is 24.0 Å². The molecule has 0 spiro atoms. The molecule has 1 aliphatic heterocycles. The Hall–Kier alpha value is -1.26. The van der Waals surface area contributed by atoms with Crippen LogP contribution < -0.4 is 20.1 Å². The predicted octanol–water partition coefficient (Wildman–Crippen LogP) is 4.52. The highest BCUT2D eigenvalue weighted by Crippen LogP contribution is 2.35. The number of hydrogen-bond acceptors (Lipinski definition) is 5. The van der Waals surface area contributed by atoms with E-state index in [1.807, 2.05) is 12.1 Å². The summed E-state index contributed by atoms with van der Waals surface area (Å²) in [4.78, 5) is 4.79. The van der Waals surface area contributed by atoms with Gasteiger partial charge >= 0.3 is 0 Å². The van der Waals surface area contributed by atoms with Gasteiger partial charge in [-0.05, 0) is 63.9 Å². The minimum atomic E-state index is 0. The molecule has 8 heteroatoms. The van der Waals surface area contributed by atoms with Crippen molar-refractivity contribution in [3.63, 3.8) is 0 Å². The number of methoxy groups -OCH3 is 1. The Morgan fingerprint density at radius 2 is 1.91 bits per heavy atom. The van der Waals surface area contributed by atoms with E-state index in [0.717, 1.165) is 94.6 Å². The molecule has 0 aromatic heterocycles. The molecular weight excluding hydrogens is 533 g/mol. The van der Waals surface area contributed by atoms with E-state index in [9.17, 15) is 0 Å². The maximum absolute atomic E-state index is 6.34. The Morgan fingerprint density at radius 1 is 1.12 bits per heavy atom. The highest BCUT2D eigenvalue weighted by molar-refractivity contribution is 14.0. The molecular formula is C25H42IN3O4. The van der Waals surface area contributed by atoms with Gasteiger partial charge in [-0.3, -0.25) is 0 Å². The molecule has 2 aliphatic rings. The van der Waals surface area contributed by atoms with Gasteiger partial charge in [0.15, 0.2) is 17.5 Å². The first-order valence-corrected chi connectivity index (χ1v) is 12.3. The van der Waals surface area contributed by atoms with Crippen LogP contribution in [0.25, 0.3) is 0 Å². The van der Waals surface area contributed by atoms with Crippen LogP contribution in [0.5, 0.6) is 11.5 Å². The summed E-state index contributed by atoms with van der Waals surface area (Å²) in [5.41, 5.74) is 1.05. The molecule has 0 atom stereocenters. The van der Waals surface area contributed by atoms with Gasteiger partial charge < -0.3 is 29.6 Å². The van der Waals surface area contributed by atoms with E-state index in [1.165, 1.54) is 12.8 Å². The van der Waals surface area contributed by atoms with E-state index < -0.39 is 0 Å². The second kappa shape index (κ2) is 16.4. The number of nitrogens with zero attached hydrogens (tertiary/aromatic N) is 1. The highest BCUT2D eigenvalue weighted by Gasteiger charge is 2.20. The molecule has 2 fully saturated rings. The SMILES string of the molecule is CCNC(=NCc1cccc(OC)c1OC1CCCC1)NCCCOCC1CCOCC1.I. The largest absolute Gasteiger partial charge is 0.493 e. The van der Waals surface area contributed by atoms with Gasteiger partial charge in [0.1, 0.15) is 0 Å². The average molecular weight is 576 g/mol. The van der Waals surface area contributed by atoms with Crippen LogP contribution in [0.2, 0.25) is 0 Å². The van der Waals surface area contributed by atoms with Gasteiger partial charge in [-0.2, -0.15) is 0 Å². The lowest BCUT2D eigenvalue weighted by atomic mass is 10.0. The molecule has 33 heavy (non-hydrogen) atoms. The molecule has 1 saturated carbocycles. The lowest BCUT2D eigenvalue weighted by Gasteiger charge is -2.21. The number of para-hydroxylation sites is 1. The summed E-state index contributed by atoms with van der Waals surface area (Å²) in [5, 5.41) is 6.75. The second-order valence-electron chi connectivity index (χ2n) is 8.58. The van der Waals surface area contributed by atoms with Crippen molar-refractivity contribution in [1.29, 1.82) is 0 Å². The fraction of sp³-hybridized carbons (Fsp3) is 0.720. The monoisotopic (exact) mass is 575 g/mol. The Balaban J connectivity index is 0.00000385. The van der Waals surface area contributed by atoms with E-state index in [2.05, 4.69) is 23.6 Å². The molecule has 3 rings (SSSR count). The number of ether oxygens (including phenoxy) is 4. The van der Waals surface area contributed by atoms with Crippen molar-refractivity contribution < 1.29 is 18.9 Å². The number of nitrogens with one attached hydrogen (secondary N) is 2. The van der Waals surface area contributed by atoms with E-state index in [1.54, 1.807) is 7.11 Å². The summed E-state index contributed by atoms with van der Waals surface area (Å²) in [5.74, 6) is 3.08. The Morgan fingerprint density at radius 3 is 2.64 bits per heavy atom. The van der Waals surface area contributed by atoms with E-state index in [-0.39, 0.29) is 30.1 Å². The van der Waals surface area contributed by atoms with Crippen LogP contribution in [0.1, 0.15) is 57.4 Å². The normalized spacial score (nSPS) is 17.5. The number of hydrogen-bond donors (Lipinski definition) is 2. The van der Waals surface area contributed by atoms with Crippen molar-refractivity contribution in [2.45, 2.75) is 64.5 Å². The first kappa shape index (κ1) is 28.0. The Labute approximate surface area is 216 Å². The Kier molecular flexibility index (Phi) is 13.9. The van der Waals surface area contributed by atoms with Gasteiger partial charge in [0.2, 0.25) is 0 Å². The van der Waals surface area contributed by atoms with Crippen molar-refractivity contribution in [1.82, 2.24) is 10.6 Å². The van der Waals surface area contributed by atoms with Crippen molar-refractivity contribution in [2.24, 2.45) is 10.9 Å². The molecule has 188 valence electrons. The molecule has 1 heterocycles. The van der Waals surface area contributed by atoms with Crippen LogP contribution in [-0.2, 0) is 16.0 Å². The molecule has 0 bridgehead atoms. The molecule has 0 unspecified atom stereocenters. The third-order valence-electron chi connectivity index (χ3n) is 6.07. The first-order valence-electron chi connectivity index (χ1n) is 12.3. The van der Waals surface area contributed by atoms with Gasteiger partial charge in [-0.1, -0.05) is 12.1 Å². The van der Waals surface area contributed by atoms with E-state index in [4.69, 9.17) is 23.9 Å². The van der Waals surface area contributed by atoms with E-state index >= 15 is 0 Å². The predicted molar refractivity (Wildman–Crippen MR) is 143 cm³/mol. The highest BCUT2D eigenvalue weighted by atomic mass is 127. The van der Waals surface area contributed by atoms with Crippen molar-refractivity contribution in [3.8, 4) is 11.5 Å². The quantitative estimate of drug-likeness (QED) is 0.165. The second-order valence-corrected chi connectivity index (χ2v) is 8.58. The van der Waals surface area contributed by atoms with Crippen molar-refractivity contribution >= 4 is 29.9 Å². The molecule has 1 aromatic rings. The maximum atomic E-state index is 6.34. The minimum absolute atomic E-state index is 0. The van der Waals surface area contributed by atoms with Crippen LogP contribution in [-0.4, -0.2) is 58.7 Å². The molecule has 2 N–H and O–H groups in total. The summed E-state index contributed by atoms with van der Waals surface area (Å²) >= 11 is 0. The number of aliphatic imine (C=N–C) groups is 1. The smallest absolute Gasteiger partial charge is 0.191 e. The van der Waals surface area contributed by atoms with Gasteiger partial charge in [0.25, 0.3) is 0 Å². The van der Waals surface area contributed by atoms with Crippen LogP contribution in [0.4, 0.5) is 0 Å². The molecule has 7 nitrogen and oxygen atoms in total. The minimum Gasteiger partial charge on any atom is -0.493 e. The standard InChI is InChI=1S/C25H41N3O4.HI/c1-3-26-25(27-14-7-15-31-19-20-12-16-30-17-13-20)28-18-21-8-6-11-23(29-2)24(21)32-22-9-4-5-10-22;/h6,8,11,20,22H,3-5,7,9-10,12-19H2,1-2H3,(H2,26,27,28);1H. The third kappa shape index (κ3) is 9.86. The van der Waals surface area contributed by atoms with Crippen LogP contribution in [0.15, 0.2) is 23.2 Å². The van der Waals surface area contributed by atoms with Crippen LogP contribution in [0.3, 0.4) is 0 Å². The zero-order valence-corrected chi connectivity index (χ0v) is 22.6. The summed E-state index contributed by atoms with van der Waals surface area (Å²) in [6, 6.07) is 6.03. The van der Waals surface area contributed by atoms with Gasteiger partial charge in [-0.25, -0.2) is 4.99 Å². The van der Waals surface area contributed by atoms with Crippen LogP contribution >= 0.6 is 24.0 Å². The summed E-state index contributed by atoms with van der Waals surface area (Å²) in [6.45, 7) is 7.61. The van der Waals surface area contributed by atoms with Gasteiger partial charge in [0.05, 0.1) is 19.8 Å². The van der Waals surface area contributed by atoms with E-state index in [0.29, 0.717) is 12.5 Å². The average Bonchev–Trinajstić information content (AvgIpc) is 3.34. The molecule has 1 aliphatic carbocycles. The third-order valence-corrected chi connectivity index (χ3v) is 6.07. The number of guanidine groups is 1. The van der Waals surface area contributed by atoms with Crippen LogP contribution in [0, 0.1) is 5.92 Å². The molecule has 0 amide bonds. The lowest BCUT2D eigenvalue weighted by molar-refractivity contribution is 0.0203. The summed E-state index contributed by atoms with van der Waals surface area (Å²) in [6.07, 6.45) is 8.16. The molecule has 0 radical (unpaired) electrons. The topological polar surface area (TPSA) is 73.3 Å².